The summed E-state index contributed by atoms with van der Waals surface area (Å²) in [7, 11) is 0. The van der Waals surface area contributed by atoms with E-state index in [1.54, 1.807) is 0 Å². The van der Waals surface area contributed by atoms with Crippen LogP contribution in [0.4, 0.5) is 0 Å². The third-order valence-corrected chi connectivity index (χ3v) is 0. The maximum absolute atomic E-state index is 2.31. The van der Waals surface area contributed by atoms with Gasteiger partial charge in [0.2, 0.25) is 0 Å². The average molecular weight is 281 g/mol. The minimum atomic E-state index is -0.139. The normalized spacial score (nSPS) is 5.40. The van der Waals surface area contributed by atoms with Crippen molar-refractivity contribution in [2.24, 2.45) is 0 Å². The second-order valence-corrected chi connectivity index (χ2v) is 5.20. The summed E-state index contributed by atoms with van der Waals surface area (Å²) in [5, 5.41) is 0. The molecule has 0 saturated heterocycles. The van der Waals surface area contributed by atoms with E-state index in [1.165, 1.54) is 0 Å². The monoisotopic (exact) mass is 282 g/mol. The van der Waals surface area contributed by atoms with Gasteiger partial charge in [-0.25, -0.2) is 0 Å². The van der Waals surface area contributed by atoms with Gasteiger partial charge in [-0.15, -0.1) is 17.4 Å². The molecule has 0 aromatic rings. The Morgan fingerprint density at radius 3 is 1.00 bits per heavy atom. The fourth-order valence-electron chi connectivity index (χ4n) is 0. The van der Waals surface area contributed by atoms with Crippen molar-refractivity contribution in [3.8, 4) is 0 Å². The molecule has 0 heterocycles. The third-order valence-electron chi connectivity index (χ3n) is 0. The predicted octanol–water partition coefficient (Wildman–Crippen LogP) is 0.454. The first-order chi connectivity index (χ1) is 1.73. The first-order valence-corrected chi connectivity index (χ1v) is 5.20. The van der Waals surface area contributed by atoms with Crippen molar-refractivity contribution in [1.82, 2.24) is 0 Å². The van der Waals surface area contributed by atoms with Crippen LogP contribution in [0.15, 0.2) is 0 Å². The molecule has 0 fully saturated rings. The first kappa shape index (κ1) is 9.68. The van der Waals surface area contributed by atoms with E-state index in [0.29, 0.717) is 0 Å². The quantitative estimate of drug-likeness (QED) is 0.566. The van der Waals surface area contributed by atoms with Gasteiger partial charge in [-0.1, -0.05) is 0 Å². The minimum absolute atomic E-state index is 0. The molecule has 5 heavy (non-hydrogen) atoms. The molecule has 0 aromatic heterocycles. The zero-order valence-corrected chi connectivity index (χ0v) is 10.9. The summed E-state index contributed by atoms with van der Waals surface area (Å²) in [6, 6.07) is 0. The summed E-state index contributed by atoms with van der Waals surface area (Å²) in [5.41, 5.74) is 0. The van der Waals surface area contributed by atoms with Crippen LogP contribution in [0.25, 0.3) is 0 Å². The maximum atomic E-state index is 2.31. The van der Waals surface area contributed by atoms with Crippen molar-refractivity contribution in [3.63, 3.8) is 0 Å². The molecule has 0 saturated carbocycles. The van der Waals surface area contributed by atoms with E-state index < -0.39 is 0 Å². The van der Waals surface area contributed by atoms with Gasteiger partial charge in [-0.3, -0.25) is 0 Å². The van der Waals surface area contributed by atoms with Crippen LogP contribution in [0.3, 0.4) is 0 Å². The molecule has 0 aromatic carbocycles. The Labute approximate surface area is 58.5 Å². The van der Waals surface area contributed by atoms with Crippen LogP contribution in [-0.4, -0.2) is 41.4 Å². The molecule has 30 valence electrons. The van der Waals surface area contributed by atoms with Crippen LogP contribution in [0, 0.1) is 0 Å². The van der Waals surface area contributed by atoms with E-state index in [0.717, 1.165) is 0 Å². The van der Waals surface area contributed by atoms with Crippen molar-refractivity contribution in [2.75, 3.05) is 0 Å². The molecular weight excluding hydrogens is 270 g/mol. The Kier molecular flexibility index (Phi) is 10.6. The van der Waals surface area contributed by atoms with E-state index in [-0.39, 0.29) is 41.4 Å². The SMILES string of the molecule is [CH3][Al]([CH3])[CH3].[PbH2]. The van der Waals surface area contributed by atoms with Gasteiger partial charge in [0.15, 0.2) is 0 Å². The fourth-order valence-corrected chi connectivity index (χ4v) is 0. The van der Waals surface area contributed by atoms with Gasteiger partial charge in [0, 0.05) is 0 Å². The summed E-state index contributed by atoms with van der Waals surface area (Å²) in [5.74, 6) is 6.92. The molecule has 0 amide bonds. The van der Waals surface area contributed by atoms with Crippen molar-refractivity contribution < 1.29 is 0 Å². The Morgan fingerprint density at radius 1 is 1.00 bits per heavy atom. The first-order valence-electron chi connectivity index (χ1n) is 1.73. The summed E-state index contributed by atoms with van der Waals surface area (Å²) < 4.78 is 0. The van der Waals surface area contributed by atoms with E-state index in [9.17, 15) is 0 Å². The van der Waals surface area contributed by atoms with E-state index in [2.05, 4.69) is 17.4 Å². The van der Waals surface area contributed by atoms with E-state index in [4.69, 9.17) is 0 Å². The molecule has 0 bridgehead atoms. The van der Waals surface area contributed by atoms with Crippen LogP contribution in [0.2, 0.25) is 17.4 Å². The van der Waals surface area contributed by atoms with Gasteiger partial charge in [0.1, 0.15) is 0 Å². The van der Waals surface area contributed by atoms with Crippen LogP contribution in [-0.2, 0) is 0 Å². The molecule has 0 atom stereocenters. The molecule has 0 spiro atoms. The van der Waals surface area contributed by atoms with Gasteiger partial charge in [-0.05, 0) is 0 Å². The standard InChI is InChI=1S/3CH3.Al.Pb.2H/h3*1H3;;;;. The van der Waals surface area contributed by atoms with Gasteiger partial charge < -0.3 is 0 Å². The molecule has 0 aliphatic heterocycles. The molecule has 0 rings (SSSR count). The van der Waals surface area contributed by atoms with E-state index >= 15 is 0 Å². The van der Waals surface area contributed by atoms with Crippen molar-refractivity contribution in [1.29, 1.82) is 0 Å². The molecule has 0 unspecified atom stereocenters. The second kappa shape index (κ2) is 5.45. The van der Waals surface area contributed by atoms with Crippen LogP contribution in [0.5, 0.6) is 0 Å². The molecule has 0 aliphatic carbocycles. The topological polar surface area (TPSA) is 0 Å². The number of hydrogen-bond donors (Lipinski definition) is 0. The third kappa shape index (κ3) is 30.8. The Balaban J connectivity index is 0. The van der Waals surface area contributed by atoms with E-state index in [1.807, 2.05) is 0 Å². The predicted molar refractivity (Wildman–Crippen MR) is 31.9 cm³/mol. The van der Waals surface area contributed by atoms with Gasteiger partial charge >= 0.3 is 27.3 Å². The molecule has 0 N–H and O–H groups in total. The van der Waals surface area contributed by atoms with Crippen molar-refractivity contribution in [2.45, 2.75) is 17.4 Å². The molecule has 0 aliphatic rings. The summed E-state index contributed by atoms with van der Waals surface area (Å²) in [6.45, 7) is 0. The van der Waals surface area contributed by atoms with Gasteiger partial charge in [0.25, 0.3) is 14.1 Å². The van der Waals surface area contributed by atoms with Crippen LogP contribution in [0.1, 0.15) is 0 Å². The van der Waals surface area contributed by atoms with Crippen LogP contribution < -0.4 is 0 Å². The van der Waals surface area contributed by atoms with Crippen molar-refractivity contribution >= 4 is 41.4 Å². The molecule has 0 nitrogen and oxygen atoms in total. The van der Waals surface area contributed by atoms with Gasteiger partial charge in [0.05, 0.1) is 0 Å². The molecule has 2 heteroatoms. The number of rotatable bonds is 0. The number of hydrogen-bond acceptors (Lipinski definition) is 0. The Bertz CT molecular complexity index is 11.6. The zero-order chi connectivity index (χ0) is 3.58. The molecule has 2 radical (unpaired) electrons. The summed E-state index contributed by atoms with van der Waals surface area (Å²) >= 11 is -0.139. The second-order valence-electron chi connectivity index (χ2n) is 1.73. The Morgan fingerprint density at radius 2 is 1.00 bits per heavy atom. The zero-order valence-electron chi connectivity index (χ0n) is 4.28. The summed E-state index contributed by atoms with van der Waals surface area (Å²) in [4.78, 5) is 0. The average Bonchev–Trinajstić information content (AvgIpc) is 0.811. The van der Waals surface area contributed by atoms with Crippen LogP contribution >= 0.6 is 0 Å². The van der Waals surface area contributed by atoms with Crippen molar-refractivity contribution in [3.05, 3.63) is 0 Å². The fraction of sp³-hybridized carbons (Fsp3) is 1.00. The molecular formula is C3H11AlPb. The Hall–Kier alpha value is 1.45. The summed E-state index contributed by atoms with van der Waals surface area (Å²) in [6.07, 6.45) is 0. The van der Waals surface area contributed by atoms with Gasteiger partial charge in [-0.2, -0.15) is 0 Å².